The summed E-state index contributed by atoms with van der Waals surface area (Å²) in [5, 5.41) is 11.3. The number of carbonyl (C=O) groups is 1. The molecule has 5 rings (SSSR count). The Kier molecular flexibility index (Phi) is 4.64. The van der Waals surface area contributed by atoms with E-state index in [1.807, 2.05) is 6.92 Å². The van der Waals surface area contributed by atoms with Gasteiger partial charge in [0.15, 0.2) is 12.1 Å². The van der Waals surface area contributed by atoms with E-state index in [4.69, 9.17) is 22.1 Å². The predicted octanol–water partition coefficient (Wildman–Crippen LogP) is 4.31. The summed E-state index contributed by atoms with van der Waals surface area (Å²) in [7, 11) is 0. The lowest BCUT2D eigenvalue weighted by Gasteiger charge is -2.63. The highest BCUT2D eigenvalue weighted by atomic mass is 32.1. The number of alkyl halides is 2. The lowest BCUT2D eigenvalue weighted by Crippen LogP contribution is -2.69. The first-order valence-corrected chi connectivity index (χ1v) is 11.8. The summed E-state index contributed by atoms with van der Waals surface area (Å²) < 4.78 is 44.9. The van der Waals surface area contributed by atoms with Gasteiger partial charge in [0.1, 0.15) is 16.8 Å². The zero-order valence-electron chi connectivity index (χ0n) is 17.9. The van der Waals surface area contributed by atoms with Crippen LogP contribution in [0.5, 0.6) is 0 Å². The van der Waals surface area contributed by atoms with Gasteiger partial charge in [-0.2, -0.15) is 0 Å². The van der Waals surface area contributed by atoms with Crippen molar-refractivity contribution in [2.75, 3.05) is 0 Å². The molecule has 4 nitrogen and oxygen atoms in total. The first-order valence-electron chi connectivity index (χ1n) is 11.3. The van der Waals surface area contributed by atoms with Gasteiger partial charge in [0.05, 0.1) is 12.2 Å². The molecule has 1 heterocycles. The Bertz CT molecular complexity index is 806. The molecular weight excluding hydrogens is 410 g/mol. The Hall–Kier alpha value is -0.500. The molecular formula is C23H32F2O4S. The standard InChI is InChI=1S/C23H32F2O4S/c1-4-5-19-28-18-10-13-14-9-16(24)15-8-12(26)6-7-20(15,2)22(14,25)17(27)11-21(13,3)23(18,30)29-19/h8,13-14,16-19,27,30H,4-7,9-11H2,1-3H3/t13?,14?,16-,17-,18+,19+,20-,21-,22-,23-/m0/s1. The molecule has 2 unspecified atom stereocenters. The molecule has 1 N–H and O–H groups in total. The van der Waals surface area contributed by atoms with Crippen molar-refractivity contribution in [3.05, 3.63) is 11.6 Å². The van der Waals surface area contributed by atoms with E-state index in [1.54, 1.807) is 6.92 Å². The number of allylic oxidation sites excluding steroid dienone is 1. The minimum absolute atomic E-state index is 0.0303. The number of rotatable bonds is 2. The van der Waals surface area contributed by atoms with Gasteiger partial charge in [-0.3, -0.25) is 4.79 Å². The molecule has 5 aliphatic rings. The molecule has 0 aromatic heterocycles. The van der Waals surface area contributed by atoms with E-state index >= 15 is 8.78 Å². The van der Waals surface area contributed by atoms with E-state index in [0.29, 0.717) is 6.42 Å². The molecule has 0 bridgehead atoms. The fourth-order valence-corrected chi connectivity index (χ4v) is 8.19. The average molecular weight is 443 g/mol. The fraction of sp³-hybridized carbons (Fsp3) is 0.870. The van der Waals surface area contributed by atoms with Crippen molar-refractivity contribution in [3.63, 3.8) is 0 Å². The second-order valence-electron chi connectivity index (χ2n) is 10.6. The van der Waals surface area contributed by atoms with Gasteiger partial charge in [-0.15, -0.1) is 12.6 Å². The average Bonchev–Trinajstić information content (AvgIpc) is 3.09. The van der Waals surface area contributed by atoms with Crippen LogP contribution < -0.4 is 0 Å². The topological polar surface area (TPSA) is 55.8 Å². The van der Waals surface area contributed by atoms with Crippen LogP contribution in [0.25, 0.3) is 0 Å². The number of thiol groups is 1. The Morgan fingerprint density at radius 2 is 2.03 bits per heavy atom. The molecule has 168 valence electrons. The van der Waals surface area contributed by atoms with Crippen molar-refractivity contribution in [3.8, 4) is 0 Å². The predicted molar refractivity (Wildman–Crippen MR) is 110 cm³/mol. The number of ketones is 1. The molecule has 30 heavy (non-hydrogen) atoms. The Morgan fingerprint density at radius 1 is 1.30 bits per heavy atom. The number of aliphatic hydroxyl groups excluding tert-OH is 1. The van der Waals surface area contributed by atoms with Crippen LogP contribution >= 0.6 is 12.6 Å². The van der Waals surface area contributed by atoms with Gasteiger partial charge >= 0.3 is 0 Å². The molecule has 1 aliphatic heterocycles. The smallest absolute Gasteiger partial charge is 0.160 e. The van der Waals surface area contributed by atoms with Crippen LogP contribution in [0.1, 0.15) is 65.7 Å². The lowest BCUT2D eigenvalue weighted by molar-refractivity contribution is -0.231. The SMILES string of the molecule is CCC[C@@H]1O[C@@H]2CC3C4C[C@H](F)C5=CC(=O)CC[C@]5(C)[C@@]4(F)[C@@H](O)C[C@]3(C)[C@]2(S)O1. The van der Waals surface area contributed by atoms with Crippen LogP contribution in [0.3, 0.4) is 0 Å². The van der Waals surface area contributed by atoms with Crippen LogP contribution in [-0.4, -0.2) is 46.2 Å². The minimum atomic E-state index is -1.99. The fourth-order valence-electron chi connectivity index (χ4n) is 7.65. The Labute approximate surface area is 182 Å². The number of carbonyl (C=O) groups excluding carboxylic acids is 1. The van der Waals surface area contributed by atoms with Crippen LogP contribution in [0.4, 0.5) is 8.78 Å². The van der Waals surface area contributed by atoms with Gasteiger partial charge in [0, 0.05) is 23.2 Å². The molecule has 0 spiro atoms. The van der Waals surface area contributed by atoms with Crippen molar-refractivity contribution in [1.82, 2.24) is 0 Å². The maximum atomic E-state index is 17.1. The highest BCUT2D eigenvalue weighted by molar-refractivity contribution is 7.81. The zero-order valence-corrected chi connectivity index (χ0v) is 18.8. The number of fused-ring (bicyclic) bond motifs is 7. The summed E-state index contributed by atoms with van der Waals surface area (Å²) in [6.07, 6.45) is 0.763. The van der Waals surface area contributed by atoms with E-state index < -0.39 is 39.6 Å². The van der Waals surface area contributed by atoms with Gasteiger partial charge in [-0.05, 0) is 49.7 Å². The van der Waals surface area contributed by atoms with Crippen molar-refractivity contribution in [2.45, 2.75) is 101 Å². The molecule has 0 aromatic rings. The number of aliphatic hydroxyl groups is 1. The second-order valence-corrected chi connectivity index (χ2v) is 11.3. The molecule has 7 heteroatoms. The van der Waals surface area contributed by atoms with Crippen LogP contribution in [0.2, 0.25) is 0 Å². The quantitative estimate of drug-likeness (QED) is 0.626. The monoisotopic (exact) mass is 442 g/mol. The molecule has 1 saturated heterocycles. The molecule has 10 atom stereocenters. The minimum Gasteiger partial charge on any atom is -0.390 e. The first kappa shape index (κ1) is 21.4. The van der Waals surface area contributed by atoms with Gasteiger partial charge in [-0.25, -0.2) is 8.78 Å². The lowest BCUT2D eigenvalue weighted by atomic mass is 9.44. The van der Waals surface area contributed by atoms with Gasteiger partial charge in [0.2, 0.25) is 0 Å². The van der Waals surface area contributed by atoms with E-state index in [2.05, 4.69) is 6.92 Å². The number of halogens is 2. The van der Waals surface area contributed by atoms with Gasteiger partial charge in [-0.1, -0.05) is 27.2 Å². The third-order valence-electron chi connectivity index (χ3n) is 9.29. The third-order valence-corrected chi connectivity index (χ3v) is 10.2. The summed E-state index contributed by atoms with van der Waals surface area (Å²) in [6.45, 7) is 5.76. The van der Waals surface area contributed by atoms with Gasteiger partial charge in [0.25, 0.3) is 0 Å². The van der Waals surface area contributed by atoms with Crippen molar-refractivity contribution in [2.24, 2.45) is 22.7 Å². The van der Waals surface area contributed by atoms with E-state index in [-0.39, 0.29) is 55.4 Å². The number of hydrogen-bond donors (Lipinski definition) is 2. The third kappa shape index (κ3) is 2.36. The van der Waals surface area contributed by atoms with E-state index in [9.17, 15) is 9.90 Å². The summed E-state index contributed by atoms with van der Waals surface area (Å²) >= 11 is 4.94. The zero-order chi connectivity index (χ0) is 21.7. The van der Waals surface area contributed by atoms with Crippen molar-refractivity contribution < 1.29 is 28.2 Å². The number of hydrogen-bond acceptors (Lipinski definition) is 5. The summed E-state index contributed by atoms with van der Waals surface area (Å²) in [5.74, 6) is -1.05. The van der Waals surface area contributed by atoms with Crippen molar-refractivity contribution in [1.29, 1.82) is 0 Å². The number of ether oxygens (including phenoxy) is 2. The molecule has 0 amide bonds. The van der Waals surface area contributed by atoms with Crippen LogP contribution in [0, 0.1) is 22.7 Å². The van der Waals surface area contributed by atoms with Crippen molar-refractivity contribution >= 4 is 18.4 Å². The van der Waals surface area contributed by atoms with E-state index in [1.165, 1.54) is 6.08 Å². The van der Waals surface area contributed by atoms with Gasteiger partial charge < -0.3 is 14.6 Å². The highest BCUT2D eigenvalue weighted by Crippen LogP contribution is 2.73. The first-order chi connectivity index (χ1) is 14.0. The molecule has 3 saturated carbocycles. The second kappa shape index (κ2) is 6.52. The maximum Gasteiger partial charge on any atom is 0.160 e. The molecule has 4 fully saturated rings. The molecule has 4 aliphatic carbocycles. The van der Waals surface area contributed by atoms with Crippen LogP contribution in [-0.2, 0) is 14.3 Å². The highest BCUT2D eigenvalue weighted by Gasteiger charge is 2.77. The summed E-state index contributed by atoms with van der Waals surface area (Å²) in [6, 6.07) is 0. The summed E-state index contributed by atoms with van der Waals surface area (Å²) in [4.78, 5) is 11.0. The summed E-state index contributed by atoms with van der Waals surface area (Å²) in [5.41, 5.74) is -3.57. The largest absolute Gasteiger partial charge is 0.390 e. The molecule has 0 radical (unpaired) electrons. The Balaban J connectivity index is 1.56. The molecule has 0 aromatic carbocycles. The maximum absolute atomic E-state index is 17.1. The van der Waals surface area contributed by atoms with E-state index in [0.717, 1.165) is 12.8 Å². The Morgan fingerprint density at radius 3 is 2.73 bits per heavy atom. The normalized spacial score (nSPS) is 57.3. The van der Waals surface area contributed by atoms with Crippen LogP contribution in [0.15, 0.2) is 11.6 Å².